The van der Waals surface area contributed by atoms with Crippen LogP contribution in [-0.4, -0.2) is 21.3 Å². The highest BCUT2D eigenvalue weighted by Crippen LogP contribution is 2.57. The van der Waals surface area contributed by atoms with E-state index in [2.05, 4.69) is 8.83 Å². The molecule has 0 aromatic heterocycles. The quantitative estimate of drug-likeness (QED) is 0.605. The van der Waals surface area contributed by atoms with Gasteiger partial charge in [-0.05, 0) is 6.92 Å². The lowest BCUT2D eigenvalue weighted by Gasteiger charge is -2.10. The molecule has 2 unspecified atom stereocenters. The lowest BCUT2D eigenvalue weighted by atomic mass is 10.9. The summed E-state index contributed by atoms with van der Waals surface area (Å²) in [6, 6.07) is 0. The molecule has 0 radical (unpaired) electrons. The Kier molecular flexibility index (Phi) is 6.86. The van der Waals surface area contributed by atoms with Crippen LogP contribution >= 0.6 is 25.5 Å². The van der Waals surface area contributed by atoms with Crippen molar-refractivity contribution in [1.82, 2.24) is 0 Å². The van der Waals surface area contributed by atoms with E-state index in [-0.39, 0.29) is 16.5 Å². The zero-order valence-corrected chi connectivity index (χ0v) is 9.49. The molecule has 0 aliphatic heterocycles. The van der Waals surface area contributed by atoms with Crippen molar-refractivity contribution in [2.75, 3.05) is 6.61 Å². The second-order valence-electron chi connectivity index (χ2n) is 1.46. The van der Waals surface area contributed by atoms with Crippen LogP contribution in [0, 0.1) is 0 Å². The van der Waals surface area contributed by atoms with E-state index in [1.165, 1.54) is 6.92 Å². The van der Waals surface area contributed by atoms with Gasteiger partial charge in [-0.2, -0.15) is 14.2 Å². The van der Waals surface area contributed by atoms with E-state index < -0.39 is 15.6 Å². The summed E-state index contributed by atoms with van der Waals surface area (Å²) in [4.78, 5) is 24.6. The predicted octanol–water partition coefficient (Wildman–Crippen LogP) is 0.291. The molecule has 0 saturated carbocycles. The normalized spacial score (nSPS) is 16.3. The Morgan fingerprint density at radius 1 is 1.25 bits per heavy atom. The Labute approximate surface area is 72.6 Å². The van der Waals surface area contributed by atoms with E-state index in [4.69, 9.17) is 14.7 Å². The van der Waals surface area contributed by atoms with E-state index in [0.29, 0.717) is 0 Å². The third-order valence-corrected chi connectivity index (χ3v) is 2.76. The summed E-state index contributed by atoms with van der Waals surface area (Å²) in [5, 5.41) is 0. The highest BCUT2D eigenvalue weighted by Gasteiger charge is 2.31. The third-order valence-electron chi connectivity index (χ3n) is 0.502. The fourth-order valence-electron chi connectivity index (χ4n) is 0.321. The van der Waals surface area contributed by atoms with Crippen LogP contribution in [0.15, 0.2) is 0 Å². The second kappa shape index (κ2) is 5.43. The predicted molar refractivity (Wildman–Crippen MR) is 45.7 cm³/mol. The first kappa shape index (κ1) is 15.2. The van der Waals surface area contributed by atoms with Gasteiger partial charge >= 0.3 is 15.6 Å². The van der Waals surface area contributed by atoms with Gasteiger partial charge in [0.15, 0.2) is 0 Å². The smallest absolute Gasteiger partial charge is 0.302 e. The standard InChI is InChI=1S/C2H8O7P2.H3P/c1-2-8-11(6,7)9-10(3,4)5;/h2H2,1H3,(H,6,7)(H2,3,4,5);1H3. The van der Waals surface area contributed by atoms with E-state index in [9.17, 15) is 9.13 Å². The zero-order valence-electron chi connectivity index (χ0n) is 6.28. The fraction of sp³-hybridized carbons (Fsp3) is 1.00. The fourth-order valence-corrected chi connectivity index (χ4v) is 1.91. The first-order valence-corrected chi connectivity index (χ1v) is 5.53. The molecule has 0 heterocycles. The molecule has 2 atom stereocenters. The number of phosphoric acid groups is 2. The molecule has 0 aromatic carbocycles. The van der Waals surface area contributed by atoms with Crippen molar-refractivity contribution >= 4 is 25.5 Å². The molecule has 3 N–H and O–H groups in total. The summed E-state index contributed by atoms with van der Waals surface area (Å²) >= 11 is 0. The van der Waals surface area contributed by atoms with Crippen LogP contribution in [0.1, 0.15) is 6.92 Å². The van der Waals surface area contributed by atoms with Gasteiger partial charge in [-0.15, -0.1) is 0 Å². The highest BCUT2D eigenvalue weighted by atomic mass is 31.3. The van der Waals surface area contributed by atoms with E-state index in [1.54, 1.807) is 0 Å². The Morgan fingerprint density at radius 2 is 1.67 bits per heavy atom. The van der Waals surface area contributed by atoms with E-state index >= 15 is 0 Å². The van der Waals surface area contributed by atoms with Gasteiger partial charge in [0.2, 0.25) is 0 Å². The van der Waals surface area contributed by atoms with Crippen molar-refractivity contribution in [2.45, 2.75) is 6.92 Å². The van der Waals surface area contributed by atoms with Crippen LogP contribution in [0.25, 0.3) is 0 Å². The number of hydrogen-bond donors (Lipinski definition) is 3. The summed E-state index contributed by atoms with van der Waals surface area (Å²) in [6.07, 6.45) is 0. The first-order valence-electron chi connectivity index (χ1n) is 2.51. The van der Waals surface area contributed by atoms with Crippen molar-refractivity contribution in [3.05, 3.63) is 0 Å². The van der Waals surface area contributed by atoms with Gasteiger partial charge in [0.25, 0.3) is 0 Å². The van der Waals surface area contributed by atoms with E-state index in [0.717, 1.165) is 0 Å². The van der Waals surface area contributed by atoms with Crippen molar-refractivity contribution in [3.63, 3.8) is 0 Å². The molecular formula is C2H11O7P3. The van der Waals surface area contributed by atoms with Crippen LogP contribution in [0.2, 0.25) is 0 Å². The van der Waals surface area contributed by atoms with Gasteiger partial charge in [-0.25, -0.2) is 9.13 Å². The maximum atomic E-state index is 10.4. The molecule has 12 heavy (non-hydrogen) atoms. The van der Waals surface area contributed by atoms with Gasteiger partial charge in [-0.1, -0.05) is 0 Å². The zero-order chi connectivity index (χ0) is 9.12. The number of phosphoric ester groups is 1. The minimum absolute atomic E-state index is 0. The minimum Gasteiger partial charge on any atom is -0.302 e. The van der Waals surface area contributed by atoms with Crippen LogP contribution < -0.4 is 0 Å². The average molecular weight is 240 g/mol. The van der Waals surface area contributed by atoms with Crippen molar-refractivity contribution in [1.29, 1.82) is 0 Å². The molecule has 0 saturated heterocycles. The van der Waals surface area contributed by atoms with Crippen LogP contribution in [-0.2, 0) is 18.0 Å². The Hall–Kier alpha value is 0.690. The minimum atomic E-state index is -4.96. The molecule has 0 aliphatic carbocycles. The summed E-state index contributed by atoms with van der Waals surface area (Å²) in [5.74, 6) is 0. The molecular weight excluding hydrogens is 229 g/mol. The monoisotopic (exact) mass is 240 g/mol. The Bertz CT molecular complexity index is 207. The SMILES string of the molecule is CCOP(=O)(O)OP(=O)(O)O.P. The van der Waals surface area contributed by atoms with Crippen LogP contribution in [0.4, 0.5) is 0 Å². The van der Waals surface area contributed by atoms with Gasteiger partial charge in [0.1, 0.15) is 0 Å². The summed E-state index contributed by atoms with van der Waals surface area (Å²) < 4.78 is 27.9. The highest BCUT2D eigenvalue weighted by molar-refractivity contribution is 7.60. The first-order chi connectivity index (χ1) is 4.77. The molecule has 10 heteroatoms. The molecule has 0 aliphatic rings. The van der Waals surface area contributed by atoms with Crippen molar-refractivity contribution in [3.8, 4) is 0 Å². The second-order valence-corrected chi connectivity index (χ2v) is 4.29. The lowest BCUT2D eigenvalue weighted by molar-refractivity contribution is 0.185. The van der Waals surface area contributed by atoms with E-state index in [1.807, 2.05) is 0 Å². The third kappa shape index (κ3) is 8.78. The lowest BCUT2D eigenvalue weighted by Crippen LogP contribution is -1.92. The van der Waals surface area contributed by atoms with Gasteiger partial charge < -0.3 is 14.7 Å². The van der Waals surface area contributed by atoms with Crippen molar-refractivity contribution in [2.24, 2.45) is 0 Å². The number of hydrogen-bond acceptors (Lipinski definition) is 4. The molecule has 7 nitrogen and oxygen atoms in total. The maximum absolute atomic E-state index is 10.4. The van der Waals surface area contributed by atoms with Crippen molar-refractivity contribution < 1.29 is 32.6 Å². The summed E-state index contributed by atoms with van der Waals surface area (Å²) in [6.45, 7) is 1.21. The molecule has 0 rings (SSSR count). The molecule has 76 valence electrons. The van der Waals surface area contributed by atoms with Gasteiger partial charge in [0, 0.05) is 0 Å². The topological polar surface area (TPSA) is 113 Å². The maximum Gasteiger partial charge on any atom is 0.481 e. The molecule has 0 bridgehead atoms. The summed E-state index contributed by atoms with van der Waals surface area (Å²) in [7, 11) is -9.53. The number of rotatable bonds is 4. The molecule has 0 fully saturated rings. The van der Waals surface area contributed by atoms with Crippen LogP contribution in [0.5, 0.6) is 0 Å². The van der Waals surface area contributed by atoms with Gasteiger partial charge in [0.05, 0.1) is 6.61 Å². The Balaban J connectivity index is 0. The average Bonchev–Trinajstić information content (AvgIpc) is 1.55. The molecule has 0 spiro atoms. The largest absolute Gasteiger partial charge is 0.481 e. The molecule has 0 amide bonds. The summed E-state index contributed by atoms with van der Waals surface area (Å²) in [5.41, 5.74) is 0. The Morgan fingerprint density at radius 3 is 1.92 bits per heavy atom. The molecule has 0 aromatic rings. The van der Waals surface area contributed by atoms with Crippen LogP contribution in [0.3, 0.4) is 0 Å². The van der Waals surface area contributed by atoms with Gasteiger partial charge in [-0.3, -0.25) is 4.52 Å².